The third-order valence-corrected chi connectivity index (χ3v) is 2.70. The van der Waals surface area contributed by atoms with Gasteiger partial charge in [-0.1, -0.05) is 42.5 Å². The monoisotopic (exact) mass is 187 g/mol. The Morgan fingerprint density at radius 1 is 1.14 bits per heavy atom. The van der Waals surface area contributed by atoms with E-state index in [1.165, 1.54) is 18.4 Å². The van der Waals surface area contributed by atoms with Crippen LogP contribution in [-0.4, -0.2) is 12.6 Å². The fourth-order valence-corrected chi connectivity index (χ4v) is 1.91. The summed E-state index contributed by atoms with van der Waals surface area (Å²) in [5.41, 5.74) is 1.44. The molecule has 2 rings (SSSR count). The standard InChI is InChI=1S/C13H17N/c1-3-7-12(8-4-1)11-13-9-5-2-6-10-14-13/h1-4,6-8,13-14H,5,9-11H2. The number of rotatable bonds is 2. The van der Waals surface area contributed by atoms with Crippen LogP contribution in [0.2, 0.25) is 0 Å². The smallest absolute Gasteiger partial charge is 0.0137 e. The lowest BCUT2D eigenvalue weighted by Gasteiger charge is -2.15. The second kappa shape index (κ2) is 4.97. The zero-order valence-corrected chi connectivity index (χ0v) is 8.45. The fraction of sp³-hybridized carbons (Fsp3) is 0.385. The van der Waals surface area contributed by atoms with Crippen LogP contribution in [0.15, 0.2) is 42.5 Å². The summed E-state index contributed by atoms with van der Waals surface area (Å²) >= 11 is 0. The zero-order valence-electron chi connectivity index (χ0n) is 8.45. The first-order valence-electron chi connectivity index (χ1n) is 5.37. The van der Waals surface area contributed by atoms with Gasteiger partial charge in [0.15, 0.2) is 0 Å². The third kappa shape index (κ3) is 2.71. The highest BCUT2D eigenvalue weighted by atomic mass is 14.9. The minimum Gasteiger partial charge on any atom is -0.310 e. The van der Waals surface area contributed by atoms with Crippen molar-refractivity contribution in [3.8, 4) is 0 Å². The molecule has 0 bridgehead atoms. The Labute approximate surface area is 85.8 Å². The van der Waals surface area contributed by atoms with Gasteiger partial charge in [0.1, 0.15) is 0 Å². The highest BCUT2D eigenvalue weighted by molar-refractivity contribution is 5.16. The van der Waals surface area contributed by atoms with Crippen LogP contribution in [0, 0.1) is 0 Å². The van der Waals surface area contributed by atoms with E-state index in [1.54, 1.807) is 0 Å². The molecule has 0 spiro atoms. The molecule has 1 aliphatic rings. The van der Waals surface area contributed by atoms with Crippen molar-refractivity contribution in [3.05, 3.63) is 48.0 Å². The molecule has 0 fully saturated rings. The first-order valence-corrected chi connectivity index (χ1v) is 5.37. The molecule has 1 aliphatic heterocycles. The van der Waals surface area contributed by atoms with Crippen LogP contribution in [0.3, 0.4) is 0 Å². The average Bonchev–Trinajstić information content (AvgIpc) is 2.48. The molecule has 74 valence electrons. The zero-order chi connectivity index (χ0) is 9.64. The van der Waals surface area contributed by atoms with E-state index in [-0.39, 0.29) is 0 Å². The van der Waals surface area contributed by atoms with Gasteiger partial charge in [-0.05, 0) is 24.8 Å². The van der Waals surface area contributed by atoms with E-state index in [9.17, 15) is 0 Å². The minimum absolute atomic E-state index is 0.646. The van der Waals surface area contributed by atoms with Gasteiger partial charge >= 0.3 is 0 Å². The molecule has 1 N–H and O–H groups in total. The Kier molecular flexibility index (Phi) is 3.36. The quantitative estimate of drug-likeness (QED) is 0.702. The fourth-order valence-electron chi connectivity index (χ4n) is 1.91. The lowest BCUT2D eigenvalue weighted by molar-refractivity contribution is 0.515. The van der Waals surface area contributed by atoms with Gasteiger partial charge in [-0.2, -0.15) is 0 Å². The predicted molar refractivity (Wildman–Crippen MR) is 60.3 cm³/mol. The maximum Gasteiger partial charge on any atom is 0.0137 e. The number of benzene rings is 1. The van der Waals surface area contributed by atoms with E-state index in [2.05, 4.69) is 47.8 Å². The van der Waals surface area contributed by atoms with Gasteiger partial charge in [-0.25, -0.2) is 0 Å². The van der Waals surface area contributed by atoms with Crippen molar-refractivity contribution in [3.63, 3.8) is 0 Å². The molecule has 0 aromatic heterocycles. The van der Waals surface area contributed by atoms with E-state index in [1.807, 2.05) is 0 Å². The summed E-state index contributed by atoms with van der Waals surface area (Å²) in [7, 11) is 0. The third-order valence-electron chi connectivity index (χ3n) is 2.70. The molecule has 0 saturated carbocycles. The SMILES string of the molecule is C1=CCNC(Cc2ccccc2)CC1. The number of nitrogens with one attached hydrogen (secondary N) is 1. The van der Waals surface area contributed by atoms with Crippen molar-refractivity contribution < 1.29 is 0 Å². The molecule has 1 unspecified atom stereocenters. The summed E-state index contributed by atoms with van der Waals surface area (Å²) in [5, 5.41) is 3.54. The van der Waals surface area contributed by atoms with Crippen molar-refractivity contribution >= 4 is 0 Å². The van der Waals surface area contributed by atoms with E-state index < -0.39 is 0 Å². The molecular formula is C13H17N. The summed E-state index contributed by atoms with van der Waals surface area (Å²) in [5.74, 6) is 0. The highest BCUT2D eigenvalue weighted by Gasteiger charge is 2.08. The number of allylic oxidation sites excluding steroid dienone is 1. The first kappa shape index (κ1) is 9.47. The van der Waals surface area contributed by atoms with Gasteiger partial charge in [0, 0.05) is 12.6 Å². The molecule has 1 atom stereocenters. The highest BCUT2D eigenvalue weighted by Crippen LogP contribution is 2.09. The Morgan fingerprint density at radius 2 is 2.00 bits per heavy atom. The van der Waals surface area contributed by atoms with Gasteiger partial charge in [0.05, 0.1) is 0 Å². The maximum absolute atomic E-state index is 3.54. The normalized spacial score (nSPS) is 21.9. The van der Waals surface area contributed by atoms with Crippen LogP contribution in [0.5, 0.6) is 0 Å². The van der Waals surface area contributed by atoms with Crippen LogP contribution < -0.4 is 5.32 Å². The van der Waals surface area contributed by atoms with Crippen LogP contribution >= 0.6 is 0 Å². The lowest BCUT2D eigenvalue weighted by atomic mass is 10.0. The minimum atomic E-state index is 0.646. The second-order valence-corrected chi connectivity index (χ2v) is 3.84. The number of hydrogen-bond donors (Lipinski definition) is 1. The van der Waals surface area contributed by atoms with Crippen molar-refractivity contribution in [2.75, 3.05) is 6.54 Å². The molecule has 1 heterocycles. The molecule has 0 saturated heterocycles. The lowest BCUT2D eigenvalue weighted by Crippen LogP contribution is -2.30. The van der Waals surface area contributed by atoms with Crippen molar-refractivity contribution in [1.82, 2.24) is 5.32 Å². The van der Waals surface area contributed by atoms with Gasteiger partial charge in [0.2, 0.25) is 0 Å². The maximum atomic E-state index is 3.54. The largest absolute Gasteiger partial charge is 0.310 e. The number of hydrogen-bond acceptors (Lipinski definition) is 1. The first-order chi connectivity index (χ1) is 6.95. The summed E-state index contributed by atoms with van der Waals surface area (Å²) in [6.07, 6.45) is 8.13. The molecule has 0 radical (unpaired) electrons. The summed E-state index contributed by atoms with van der Waals surface area (Å²) in [6, 6.07) is 11.4. The van der Waals surface area contributed by atoms with E-state index >= 15 is 0 Å². The van der Waals surface area contributed by atoms with Crippen LogP contribution in [0.1, 0.15) is 18.4 Å². The van der Waals surface area contributed by atoms with Crippen LogP contribution in [0.25, 0.3) is 0 Å². The Hall–Kier alpha value is -1.08. The molecule has 1 heteroatoms. The Morgan fingerprint density at radius 3 is 2.86 bits per heavy atom. The second-order valence-electron chi connectivity index (χ2n) is 3.84. The molecule has 1 aromatic rings. The average molecular weight is 187 g/mol. The molecule has 1 aromatic carbocycles. The Balaban J connectivity index is 1.91. The summed E-state index contributed by atoms with van der Waals surface area (Å²) < 4.78 is 0. The van der Waals surface area contributed by atoms with Crippen molar-refractivity contribution in [1.29, 1.82) is 0 Å². The predicted octanol–water partition coefficient (Wildman–Crippen LogP) is 2.54. The Bertz CT molecular complexity index is 279. The van der Waals surface area contributed by atoms with E-state index in [0.717, 1.165) is 13.0 Å². The summed E-state index contributed by atoms with van der Waals surface area (Å²) in [6.45, 7) is 1.03. The molecule has 1 nitrogen and oxygen atoms in total. The van der Waals surface area contributed by atoms with Crippen LogP contribution in [0.4, 0.5) is 0 Å². The molecule has 0 aliphatic carbocycles. The van der Waals surface area contributed by atoms with Gasteiger partial charge in [0.25, 0.3) is 0 Å². The molecule has 0 amide bonds. The van der Waals surface area contributed by atoms with E-state index in [4.69, 9.17) is 0 Å². The summed E-state index contributed by atoms with van der Waals surface area (Å²) in [4.78, 5) is 0. The van der Waals surface area contributed by atoms with Crippen molar-refractivity contribution in [2.24, 2.45) is 0 Å². The van der Waals surface area contributed by atoms with Crippen LogP contribution in [-0.2, 0) is 6.42 Å². The van der Waals surface area contributed by atoms with Crippen molar-refractivity contribution in [2.45, 2.75) is 25.3 Å². The van der Waals surface area contributed by atoms with Gasteiger partial charge in [-0.15, -0.1) is 0 Å². The topological polar surface area (TPSA) is 12.0 Å². The van der Waals surface area contributed by atoms with Gasteiger partial charge < -0.3 is 5.32 Å². The molecular weight excluding hydrogens is 170 g/mol. The van der Waals surface area contributed by atoms with E-state index in [0.29, 0.717) is 6.04 Å². The molecule has 14 heavy (non-hydrogen) atoms. The van der Waals surface area contributed by atoms with Gasteiger partial charge in [-0.3, -0.25) is 0 Å².